The molecule has 1 N–H and O–H groups in total. The molecule has 1 aliphatic heterocycles. The molecule has 5 rings (SSSR count). The Morgan fingerprint density at radius 1 is 0.872 bits per heavy atom. The Kier molecular flexibility index (Phi) is 7.70. The summed E-state index contributed by atoms with van der Waals surface area (Å²) < 4.78 is 13.1. The highest BCUT2D eigenvalue weighted by molar-refractivity contribution is 6.07. The largest absolute Gasteiger partial charge is 0.508 e. The number of benzene rings is 3. The minimum atomic E-state index is -0.699. The monoisotopic (exact) mass is 526 g/mol. The van der Waals surface area contributed by atoms with E-state index in [0.717, 1.165) is 22.5 Å². The van der Waals surface area contributed by atoms with Crippen LogP contribution >= 0.6 is 0 Å². The maximum Gasteiger partial charge on any atom is 0.340 e. The number of carbonyl (C=O) groups excluding carboxylic acids is 2. The molecule has 7 heteroatoms. The molecule has 1 aliphatic rings. The van der Waals surface area contributed by atoms with Crippen LogP contribution in [0.2, 0.25) is 0 Å². The van der Waals surface area contributed by atoms with Crippen LogP contribution in [0.15, 0.2) is 78.9 Å². The Balaban J connectivity index is 1.55. The summed E-state index contributed by atoms with van der Waals surface area (Å²) >= 11 is 0. The van der Waals surface area contributed by atoms with Gasteiger partial charge < -0.3 is 19.1 Å². The first kappa shape index (κ1) is 26.5. The second kappa shape index (κ2) is 11.3. The van der Waals surface area contributed by atoms with E-state index in [1.807, 2.05) is 73.7 Å². The van der Waals surface area contributed by atoms with E-state index < -0.39 is 11.4 Å². The van der Waals surface area contributed by atoms with E-state index in [1.54, 1.807) is 19.1 Å². The van der Waals surface area contributed by atoms with Crippen LogP contribution in [0.4, 0.5) is 0 Å². The smallest absolute Gasteiger partial charge is 0.340 e. The normalized spacial score (nSPS) is 15.2. The van der Waals surface area contributed by atoms with Crippen molar-refractivity contribution < 1.29 is 24.2 Å². The molecule has 3 aromatic carbocycles. The van der Waals surface area contributed by atoms with E-state index in [4.69, 9.17) is 9.47 Å². The molecule has 0 atom stereocenters. The first-order valence-corrected chi connectivity index (χ1v) is 13.5. The molecule has 0 bridgehead atoms. The number of phenolic OH excluding ortho intramolecular Hbond substituents is 1. The lowest BCUT2D eigenvalue weighted by Gasteiger charge is -2.40. The minimum Gasteiger partial charge on any atom is -0.508 e. The van der Waals surface area contributed by atoms with Gasteiger partial charge in [-0.2, -0.15) is 0 Å². The molecule has 0 unspecified atom stereocenters. The standard InChI is InChI=1S/C32H34N2O5/c1-3-38-30(36)29-26-21-25(35)15-16-27(26)34(24-13-9-6-10-14-24)28(29)22-33-19-17-32(18-20-33,31(37)39-4-2)23-11-7-5-8-12-23/h5-16,21,35H,3-4,17-20,22H2,1-2H3. The molecule has 2 heterocycles. The zero-order valence-corrected chi connectivity index (χ0v) is 22.4. The van der Waals surface area contributed by atoms with Gasteiger partial charge in [-0.1, -0.05) is 48.5 Å². The molecule has 0 amide bonds. The third-order valence-corrected chi connectivity index (χ3v) is 7.62. The number of phenols is 1. The van der Waals surface area contributed by atoms with Gasteiger partial charge in [0.1, 0.15) is 5.75 Å². The predicted molar refractivity (Wildman–Crippen MR) is 150 cm³/mol. The molecule has 1 fully saturated rings. The van der Waals surface area contributed by atoms with E-state index in [1.165, 1.54) is 0 Å². The van der Waals surface area contributed by atoms with Crippen molar-refractivity contribution >= 4 is 22.8 Å². The lowest BCUT2D eigenvalue weighted by atomic mass is 9.72. The molecule has 7 nitrogen and oxygen atoms in total. The number of piperidine rings is 1. The van der Waals surface area contributed by atoms with Crippen molar-refractivity contribution in [3.63, 3.8) is 0 Å². The van der Waals surface area contributed by atoms with Gasteiger partial charge in [-0.3, -0.25) is 9.69 Å². The van der Waals surface area contributed by atoms with Crippen LogP contribution in [0.25, 0.3) is 16.6 Å². The summed E-state index contributed by atoms with van der Waals surface area (Å²) in [5.74, 6) is -0.512. The maximum absolute atomic E-state index is 13.3. The first-order chi connectivity index (χ1) is 19.0. The number of carbonyl (C=O) groups is 2. The molecule has 0 saturated carbocycles. The van der Waals surface area contributed by atoms with Gasteiger partial charge in [0.05, 0.1) is 35.4 Å². The van der Waals surface area contributed by atoms with Gasteiger partial charge in [0.2, 0.25) is 0 Å². The minimum absolute atomic E-state index is 0.0878. The number of likely N-dealkylation sites (tertiary alicyclic amines) is 1. The van der Waals surface area contributed by atoms with E-state index in [-0.39, 0.29) is 18.3 Å². The maximum atomic E-state index is 13.3. The summed E-state index contributed by atoms with van der Waals surface area (Å²) in [6.07, 6.45) is 1.22. The molecule has 4 aromatic rings. The first-order valence-electron chi connectivity index (χ1n) is 13.5. The number of esters is 2. The van der Waals surface area contributed by atoms with Gasteiger partial charge in [0, 0.05) is 17.6 Å². The zero-order valence-electron chi connectivity index (χ0n) is 22.4. The predicted octanol–water partition coefficient (Wildman–Crippen LogP) is 5.61. The van der Waals surface area contributed by atoms with Gasteiger partial charge in [0.25, 0.3) is 0 Å². The van der Waals surface area contributed by atoms with Gasteiger partial charge in [-0.25, -0.2) is 4.79 Å². The van der Waals surface area contributed by atoms with Crippen LogP contribution in [0.3, 0.4) is 0 Å². The van der Waals surface area contributed by atoms with E-state index in [9.17, 15) is 14.7 Å². The molecule has 0 spiro atoms. The number of nitrogens with zero attached hydrogens (tertiary/aromatic N) is 2. The highest BCUT2D eigenvalue weighted by atomic mass is 16.5. The van der Waals surface area contributed by atoms with Gasteiger partial charge in [-0.05, 0) is 75.7 Å². The molecule has 0 aliphatic carbocycles. The molecule has 0 radical (unpaired) electrons. The van der Waals surface area contributed by atoms with Crippen molar-refractivity contribution in [3.8, 4) is 11.4 Å². The van der Waals surface area contributed by atoms with Crippen LogP contribution in [0.1, 0.15) is 48.3 Å². The quantitative estimate of drug-likeness (QED) is 0.301. The highest BCUT2D eigenvalue weighted by Crippen LogP contribution is 2.39. The summed E-state index contributed by atoms with van der Waals surface area (Å²) in [5.41, 5.74) is 3.26. The van der Waals surface area contributed by atoms with Crippen molar-refractivity contribution in [2.45, 2.75) is 38.6 Å². The van der Waals surface area contributed by atoms with Crippen LogP contribution in [-0.4, -0.2) is 52.8 Å². The second-order valence-corrected chi connectivity index (χ2v) is 9.86. The number of ether oxygens (including phenoxy) is 2. The number of fused-ring (bicyclic) bond motifs is 1. The number of hydrogen-bond donors (Lipinski definition) is 1. The molecule has 1 aromatic heterocycles. The second-order valence-electron chi connectivity index (χ2n) is 9.86. The SMILES string of the molecule is CCOC(=O)c1c(CN2CCC(C(=O)OCC)(c3ccccc3)CC2)n(-c2ccccc2)c2ccc(O)cc12. The van der Waals surface area contributed by atoms with Crippen LogP contribution in [0.5, 0.6) is 5.75 Å². The van der Waals surface area contributed by atoms with Crippen molar-refractivity contribution in [1.29, 1.82) is 0 Å². The number of para-hydroxylation sites is 1. The van der Waals surface area contributed by atoms with Gasteiger partial charge in [0.15, 0.2) is 0 Å². The summed E-state index contributed by atoms with van der Waals surface area (Å²) in [5, 5.41) is 11.0. The van der Waals surface area contributed by atoms with E-state index >= 15 is 0 Å². The number of aromatic hydroxyl groups is 1. The topological polar surface area (TPSA) is 81.0 Å². The van der Waals surface area contributed by atoms with Crippen molar-refractivity contribution in [1.82, 2.24) is 9.47 Å². The third kappa shape index (κ3) is 5.02. The number of rotatable bonds is 8. The summed E-state index contributed by atoms with van der Waals surface area (Å²) in [6, 6.07) is 24.9. The average Bonchev–Trinajstić information content (AvgIpc) is 3.27. The van der Waals surface area contributed by atoms with E-state index in [2.05, 4.69) is 9.47 Å². The Hall–Kier alpha value is -4.10. The van der Waals surface area contributed by atoms with E-state index in [0.29, 0.717) is 50.0 Å². The van der Waals surface area contributed by atoms with Crippen LogP contribution in [0, 0.1) is 0 Å². The average molecular weight is 527 g/mol. The Labute approximate surface area is 228 Å². The molecular weight excluding hydrogens is 492 g/mol. The van der Waals surface area contributed by atoms with Crippen molar-refractivity contribution in [2.24, 2.45) is 0 Å². The van der Waals surface area contributed by atoms with Crippen LogP contribution < -0.4 is 0 Å². The lowest BCUT2D eigenvalue weighted by molar-refractivity contribution is -0.152. The molecule has 202 valence electrons. The number of hydrogen-bond acceptors (Lipinski definition) is 6. The Bertz CT molecular complexity index is 1450. The Morgan fingerprint density at radius 2 is 1.51 bits per heavy atom. The van der Waals surface area contributed by atoms with Crippen LogP contribution in [-0.2, 0) is 26.2 Å². The summed E-state index contributed by atoms with van der Waals surface area (Å²) in [6.45, 7) is 5.99. The Morgan fingerprint density at radius 3 is 2.15 bits per heavy atom. The van der Waals surface area contributed by atoms with Crippen molar-refractivity contribution in [2.75, 3.05) is 26.3 Å². The third-order valence-electron chi connectivity index (χ3n) is 7.62. The summed E-state index contributed by atoms with van der Waals surface area (Å²) in [7, 11) is 0. The molecule has 39 heavy (non-hydrogen) atoms. The van der Waals surface area contributed by atoms with Gasteiger partial charge >= 0.3 is 11.9 Å². The van der Waals surface area contributed by atoms with Gasteiger partial charge in [-0.15, -0.1) is 0 Å². The highest BCUT2D eigenvalue weighted by Gasteiger charge is 2.44. The zero-order chi connectivity index (χ0) is 27.4. The molecule has 1 saturated heterocycles. The fourth-order valence-corrected chi connectivity index (χ4v) is 5.73. The fourth-order valence-electron chi connectivity index (χ4n) is 5.73. The fraction of sp³-hybridized carbons (Fsp3) is 0.312. The van der Waals surface area contributed by atoms with Crippen molar-refractivity contribution in [3.05, 3.63) is 95.7 Å². The summed E-state index contributed by atoms with van der Waals surface area (Å²) in [4.78, 5) is 28.9. The number of aromatic nitrogens is 1. The lowest BCUT2D eigenvalue weighted by Crippen LogP contribution is -2.48. The molecular formula is C32H34N2O5.